The normalized spacial score (nSPS) is 12.8. The van der Waals surface area contributed by atoms with Crippen LogP contribution in [0.1, 0.15) is 18.4 Å². The molecule has 20 heavy (non-hydrogen) atoms. The number of aryl methyl sites for hydroxylation is 1. The molecule has 2 amide bonds. The maximum absolute atomic E-state index is 12.1. The number of nitrogens with one attached hydrogen (secondary N) is 1. The second kappa shape index (κ2) is 6.49. The van der Waals surface area contributed by atoms with Crippen LogP contribution in [0.2, 0.25) is 0 Å². The Kier molecular flexibility index (Phi) is 5.23. The monoisotopic (exact) mass is 299 g/mol. The molecule has 1 atom stereocenters. The highest BCUT2D eigenvalue weighted by Gasteiger charge is 2.24. The molecule has 0 spiro atoms. The van der Waals surface area contributed by atoms with Crippen molar-refractivity contribution in [2.45, 2.75) is 30.7 Å². The van der Waals surface area contributed by atoms with E-state index in [-0.39, 0.29) is 17.7 Å². The highest BCUT2D eigenvalue weighted by molar-refractivity contribution is 7.89. The third kappa shape index (κ3) is 4.63. The molecule has 0 aliphatic heterocycles. The summed E-state index contributed by atoms with van der Waals surface area (Å²) in [5, 5.41) is 0. The van der Waals surface area contributed by atoms with Crippen molar-refractivity contribution < 1.29 is 18.0 Å². The highest BCUT2D eigenvalue weighted by atomic mass is 32.2. The molecule has 0 fully saturated rings. The van der Waals surface area contributed by atoms with E-state index in [1.807, 2.05) is 6.92 Å². The quantitative estimate of drug-likeness (QED) is 0.619. The molecule has 0 saturated heterocycles. The average molecular weight is 299 g/mol. The summed E-state index contributed by atoms with van der Waals surface area (Å²) < 4.78 is 26.3. The van der Waals surface area contributed by atoms with E-state index in [2.05, 4.69) is 4.72 Å². The van der Waals surface area contributed by atoms with E-state index >= 15 is 0 Å². The summed E-state index contributed by atoms with van der Waals surface area (Å²) in [6.07, 6.45) is -0.209. The lowest BCUT2D eigenvalue weighted by molar-refractivity contribution is -0.120. The van der Waals surface area contributed by atoms with Crippen molar-refractivity contribution in [3.63, 3.8) is 0 Å². The minimum atomic E-state index is -3.87. The van der Waals surface area contributed by atoms with E-state index in [1.54, 1.807) is 12.1 Å². The van der Waals surface area contributed by atoms with Crippen molar-refractivity contribution in [3.8, 4) is 0 Å². The van der Waals surface area contributed by atoms with Gasteiger partial charge in [0.1, 0.15) is 6.04 Å². The van der Waals surface area contributed by atoms with Gasteiger partial charge in [-0.15, -0.1) is 0 Å². The zero-order chi connectivity index (χ0) is 15.3. The van der Waals surface area contributed by atoms with Crippen LogP contribution in [-0.2, 0) is 19.6 Å². The Labute approximate surface area is 117 Å². The zero-order valence-corrected chi connectivity index (χ0v) is 11.8. The number of primary amides is 2. The van der Waals surface area contributed by atoms with Crippen LogP contribution >= 0.6 is 0 Å². The van der Waals surface area contributed by atoms with Crippen molar-refractivity contribution in [2.24, 2.45) is 11.5 Å². The Hall–Kier alpha value is -1.93. The lowest BCUT2D eigenvalue weighted by atomic mass is 10.1. The van der Waals surface area contributed by atoms with E-state index in [0.29, 0.717) is 0 Å². The standard InChI is InChI=1S/C12H17N3O4S/c1-8-2-4-9(5-3-8)20(18,19)15-10(12(14)17)6-7-11(13)16/h2-5,10,15H,6-7H2,1H3,(H2,13,16)(H2,14,17). The van der Waals surface area contributed by atoms with Gasteiger partial charge in [-0.1, -0.05) is 17.7 Å². The summed E-state index contributed by atoms with van der Waals surface area (Å²) >= 11 is 0. The number of benzene rings is 1. The molecule has 0 aliphatic rings. The van der Waals surface area contributed by atoms with Gasteiger partial charge in [0.25, 0.3) is 0 Å². The lowest BCUT2D eigenvalue weighted by Gasteiger charge is -2.15. The smallest absolute Gasteiger partial charge is 0.241 e. The van der Waals surface area contributed by atoms with E-state index in [9.17, 15) is 18.0 Å². The fourth-order valence-corrected chi connectivity index (χ4v) is 2.76. The van der Waals surface area contributed by atoms with E-state index in [1.165, 1.54) is 12.1 Å². The largest absolute Gasteiger partial charge is 0.370 e. The molecule has 1 rings (SSSR count). The molecule has 110 valence electrons. The highest BCUT2D eigenvalue weighted by Crippen LogP contribution is 2.11. The molecule has 1 unspecified atom stereocenters. The SMILES string of the molecule is Cc1ccc(S(=O)(=O)NC(CCC(N)=O)C(N)=O)cc1. The second-order valence-electron chi connectivity index (χ2n) is 4.39. The molecule has 5 N–H and O–H groups in total. The third-order valence-corrected chi connectivity index (χ3v) is 4.14. The molecule has 1 aromatic rings. The minimum absolute atomic E-state index is 0.0217. The number of carbonyl (C=O) groups excluding carboxylic acids is 2. The van der Waals surface area contributed by atoms with Crippen LogP contribution in [-0.4, -0.2) is 26.3 Å². The van der Waals surface area contributed by atoms with Crippen LogP contribution in [0.4, 0.5) is 0 Å². The first-order chi connectivity index (χ1) is 9.22. The Balaban J connectivity index is 2.88. The van der Waals surface area contributed by atoms with Crippen molar-refractivity contribution >= 4 is 21.8 Å². The van der Waals surface area contributed by atoms with E-state index in [4.69, 9.17) is 11.5 Å². The van der Waals surface area contributed by atoms with Gasteiger partial charge >= 0.3 is 0 Å². The number of rotatable bonds is 7. The van der Waals surface area contributed by atoms with Crippen LogP contribution in [0.25, 0.3) is 0 Å². The van der Waals surface area contributed by atoms with Gasteiger partial charge in [-0.25, -0.2) is 8.42 Å². The molecule has 0 aromatic heterocycles. The zero-order valence-electron chi connectivity index (χ0n) is 11.0. The predicted molar refractivity (Wildman–Crippen MR) is 72.9 cm³/mol. The van der Waals surface area contributed by atoms with Crippen molar-refractivity contribution in [2.75, 3.05) is 0 Å². The number of amides is 2. The summed E-state index contributed by atoms with van der Waals surface area (Å²) in [6.45, 7) is 1.82. The second-order valence-corrected chi connectivity index (χ2v) is 6.11. The molecule has 1 aromatic carbocycles. The summed E-state index contributed by atoms with van der Waals surface area (Å²) in [5.41, 5.74) is 11.0. The van der Waals surface area contributed by atoms with Gasteiger partial charge in [-0.05, 0) is 25.5 Å². The van der Waals surface area contributed by atoms with Gasteiger partial charge in [0.2, 0.25) is 21.8 Å². The van der Waals surface area contributed by atoms with E-state index < -0.39 is 27.9 Å². The van der Waals surface area contributed by atoms with Crippen LogP contribution in [0, 0.1) is 6.92 Å². The number of hydrogen-bond acceptors (Lipinski definition) is 4. The van der Waals surface area contributed by atoms with Gasteiger partial charge < -0.3 is 11.5 Å². The summed E-state index contributed by atoms with van der Waals surface area (Å²) in [6, 6.07) is 4.94. The number of carbonyl (C=O) groups is 2. The molecule has 0 heterocycles. The average Bonchev–Trinajstić information content (AvgIpc) is 2.34. The van der Waals surface area contributed by atoms with Gasteiger partial charge in [0, 0.05) is 6.42 Å². The number of sulfonamides is 1. The van der Waals surface area contributed by atoms with Crippen LogP contribution < -0.4 is 16.2 Å². The number of nitrogens with two attached hydrogens (primary N) is 2. The molecule has 0 aliphatic carbocycles. The van der Waals surface area contributed by atoms with Gasteiger partial charge in [0.05, 0.1) is 4.90 Å². The molecular formula is C12H17N3O4S. The van der Waals surface area contributed by atoms with Crippen LogP contribution in [0.3, 0.4) is 0 Å². The molecule has 0 bridgehead atoms. The van der Waals surface area contributed by atoms with Gasteiger partial charge in [-0.3, -0.25) is 9.59 Å². The first kappa shape index (κ1) is 16.1. The fraction of sp³-hybridized carbons (Fsp3) is 0.333. The van der Waals surface area contributed by atoms with Crippen molar-refractivity contribution in [1.29, 1.82) is 0 Å². The van der Waals surface area contributed by atoms with E-state index in [0.717, 1.165) is 5.56 Å². The van der Waals surface area contributed by atoms with Crippen molar-refractivity contribution in [3.05, 3.63) is 29.8 Å². The molecule has 0 radical (unpaired) electrons. The van der Waals surface area contributed by atoms with Crippen molar-refractivity contribution in [1.82, 2.24) is 4.72 Å². The maximum atomic E-state index is 12.1. The Morgan fingerprint density at radius 1 is 1.20 bits per heavy atom. The third-order valence-electron chi connectivity index (χ3n) is 2.65. The maximum Gasteiger partial charge on any atom is 0.241 e. The first-order valence-electron chi connectivity index (χ1n) is 5.89. The van der Waals surface area contributed by atoms with Crippen LogP contribution in [0.5, 0.6) is 0 Å². The molecule has 8 heteroatoms. The summed E-state index contributed by atoms with van der Waals surface area (Å²) in [7, 11) is -3.87. The summed E-state index contributed by atoms with van der Waals surface area (Å²) in [5.74, 6) is -1.49. The Morgan fingerprint density at radius 3 is 2.20 bits per heavy atom. The van der Waals surface area contributed by atoms with Gasteiger partial charge in [-0.2, -0.15) is 4.72 Å². The molecular weight excluding hydrogens is 282 g/mol. The van der Waals surface area contributed by atoms with Crippen LogP contribution in [0.15, 0.2) is 29.2 Å². The molecule has 0 saturated carbocycles. The molecule has 7 nitrogen and oxygen atoms in total. The number of hydrogen-bond donors (Lipinski definition) is 3. The summed E-state index contributed by atoms with van der Waals surface area (Å²) in [4.78, 5) is 21.9. The fourth-order valence-electron chi connectivity index (χ4n) is 1.52. The first-order valence-corrected chi connectivity index (χ1v) is 7.37. The minimum Gasteiger partial charge on any atom is -0.370 e. The predicted octanol–water partition coefficient (Wildman–Crippen LogP) is -0.607. The lowest BCUT2D eigenvalue weighted by Crippen LogP contribution is -2.44. The Morgan fingerprint density at radius 2 is 1.75 bits per heavy atom. The van der Waals surface area contributed by atoms with Gasteiger partial charge in [0.15, 0.2) is 0 Å². The topological polar surface area (TPSA) is 132 Å². The Bertz CT molecular complexity index is 596.